The number of nitrogens with two attached hydrogens (primary N) is 1. The molecule has 4 aromatic rings. The summed E-state index contributed by atoms with van der Waals surface area (Å²) in [6.07, 6.45) is 0. The SMILES string of the molecule is Cc1ccc(N)c(-c2ccc(-c3nnc(-c4c(F)c(F)c(F)c(F)c4F)o3)cc2)c1. The Morgan fingerprint density at radius 2 is 1.23 bits per heavy atom. The highest BCUT2D eigenvalue weighted by atomic mass is 19.2. The predicted octanol–water partition coefficient (Wildman–Crippen LogP) is 5.66. The van der Waals surface area contributed by atoms with Crippen LogP contribution in [-0.4, -0.2) is 10.2 Å². The van der Waals surface area contributed by atoms with Crippen LogP contribution in [0, 0.1) is 36.0 Å². The van der Waals surface area contributed by atoms with E-state index in [0.717, 1.165) is 16.7 Å². The van der Waals surface area contributed by atoms with Gasteiger partial charge in [-0.3, -0.25) is 0 Å². The molecule has 0 aliphatic carbocycles. The Morgan fingerprint density at radius 1 is 0.700 bits per heavy atom. The zero-order valence-electron chi connectivity index (χ0n) is 15.3. The van der Waals surface area contributed by atoms with Crippen LogP contribution in [0.3, 0.4) is 0 Å². The first-order valence-corrected chi connectivity index (χ1v) is 8.60. The average Bonchev–Trinajstić information content (AvgIpc) is 3.22. The van der Waals surface area contributed by atoms with Gasteiger partial charge in [-0.15, -0.1) is 10.2 Å². The van der Waals surface area contributed by atoms with E-state index in [1.165, 1.54) is 0 Å². The number of anilines is 1. The van der Waals surface area contributed by atoms with Crippen molar-refractivity contribution in [3.8, 4) is 34.0 Å². The highest BCUT2D eigenvalue weighted by molar-refractivity contribution is 5.78. The van der Waals surface area contributed by atoms with Gasteiger partial charge in [-0.25, -0.2) is 22.0 Å². The van der Waals surface area contributed by atoms with Gasteiger partial charge in [0.25, 0.3) is 5.89 Å². The minimum absolute atomic E-state index is 0.155. The Bertz CT molecular complexity index is 1240. The predicted molar refractivity (Wildman–Crippen MR) is 99.5 cm³/mol. The molecule has 4 rings (SSSR count). The molecule has 0 unspecified atom stereocenters. The van der Waals surface area contributed by atoms with Crippen molar-refractivity contribution in [2.75, 3.05) is 5.73 Å². The van der Waals surface area contributed by atoms with Gasteiger partial charge >= 0.3 is 0 Å². The van der Waals surface area contributed by atoms with Crippen LogP contribution in [0.1, 0.15) is 5.56 Å². The first-order chi connectivity index (χ1) is 14.3. The largest absolute Gasteiger partial charge is 0.416 e. The zero-order chi connectivity index (χ0) is 21.6. The van der Waals surface area contributed by atoms with Crippen LogP contribution >= 0.6 is 0 Å². The van der Waals surface area contributed by atoms with Gasteiger partial charge < -0.3 is 10.2 Å². The van der Waals surface area contributed by atoms with E-state index in [2.05, 4.69) is 10.2 Å². The number of nitrogen functional groups attached to an aromatic ring is 1. The number of hydrogen-bond donors (Lipinski definition) is 1. The summed E-state index contributed by atoms with van der Waals surface area (Å²) in [6.45, 7) is 1.93. The van der Waals surface area contributed by atoms with Crippen molar-refractivity contribution in [1.29, 1.82) is 0 Å². The van der Waals surface area contributed by atoms with Crippen LogP contribution < -0.4 is 5.73 Å². The van der Waals surface area contributed by atoms with Crippen LogP contribution in [0.5, 0.6) is 0 Å². The molecular weight excluding hydrogens is 405 g/mol. The van der Waals surface area contributed by atoms with Gasteiger partial charge in [-0.05, 0) is 36.8 Å². The summed E-state index contributed by atoms with van der Waals surface area (Å²) in [5, 5.41) is 7.08. The monoisotopic (exact) mass is 417 g/mol. The topological polar surface area (TPSA) is 64.9 Å². The highest BCUT2D eigenvalue weighted by Gasteiger charge is 2.29. The standard InChI is InChI=1S/C21H12F5N3O/c1-9-2-7-13(27)12(8-9)10-3-5-11(6-4-10)20-28-29-21(30-20)14-15(22)17(24)19(26)18(25)16(14)23/h2-8H,27H2,1H3. The van der Waals surface area contributed by atoms with E-state index in [4.69, 9.17) is 10.2 Å². The number of aromatic nitrogens is 2. The molecule has 0 saturated heterocycles. The number of benzene rings is 3. The molecule has 3 aromatic carbocycles. The van der Waals surface area contributed by atoms with Gasteiger partial charge in [0.2, 0.25) is 11.7 Å². The summed E-state index contributed by atoms with van der Waals surface area (Å²) in [6, 6.07) is 12.2. The summed E-state index contributed by atoms with van der Waals surface area (Å²) >= 11 is 0. The minimum atomic E-state index is -2.26. The third kappa shape index (κ3) is 3.18. The van der Waals surface area contributed by atoms with Crippen molar-refractivity contribution in [3.05, 3.63) is 77.1 Å². The molecule has 0 fully saturated rings. The first-order valence-electron chi connectivity index (χ1n) is 8.60. The van der Waals surface area contributed by atoms with Gasteiger partial charge in [0.15, 0.2) is 23.3 Å². The number of rotatable bonds is 3. The van der Waals surface area contributed by atoms with Crippen molar-refractivity contribution in [2.24, 2.45) is 0 Å². The van der Waals surface area contributed by atoms with E-state index in [1.54, 1.807) is 30.3 Å². The fraction of sp³-hybridized carbons (Fsp3) is 0.0476. The maximum Gasteiger partial charge on any atom is 0.254 e. The minimum Gasteiger partial charge on any atom is -0.416 e. The lowest BCUT2D eigenvalue weighted by Gasteiger charge is -2.07. The molecule has 0 atom stereocenters. The average molecular weight is 417 g/mol. The molecule has 0 bridgehead atoms. The third-order valence-electron chi connectivity index (χ3n) is 4.50. The lowest BCUT2D eigenvalue weighted by molar-refractivity contribution is 0.378. The summed E-state index contributed by atoms with van der Waals surface area (Å²) < 4.78 is 73.1. The smallest absolute Gasteiger partial charge is 0.254 e. The van der Waals surface area contributed by atoms with E-state index in [0.29, 0.717) is 11.3 Å². The molecule has 0 amide bonds. The molecule has 30 heavy (non-hydrogen) atoms. The zero-order valence-corrected chi connectivity index (χ0v) is 15.3. The second-order valence-electron chi connectivity index (χ2n) is 6.53. The molecule has 2 N–H and O–H groups in total. The molecule has 0 spiro atoms. The van der Waals surface area contributed by atoms with E-state index in [-0.39, 0.29) is 5.89 Å². The second kappa shape index (κ2) is 7.25. The van der Waals surface area contributed by atoms with Crippen LogP contribution in [0.25, 0.3) is 34.0 Å². The fourth-order valence-corrected chi connectivity index (χ4v) is 2.95. The lowest BCUT2D eigenvalue weighted by atomic mass is 10.0. The van der Waals surface area contributed by atoms with Gasteiger partial charge in [-0.2, -0.15) is 0 Å². The first kappa shape index (κ1) is 19.6. The van der Waals surface area contributed by atoms with Gasteiger partial charge in [-0.1, -0.05) is 23.8 Å². The maximum absolute atomic E-state index is 14.0. The fourth-order valence-electron chi connectivity index (χ4n) is 2.95. The normalized spacial score (nSPS) is 11.1. The number of halogens is 5. The highest BCUT2D eigenvalue weighted by Crippen LogP contribution is 2.33. The van der Waals surface area contributed by atoms with Crippen molar-refractivity contribution in [3.63, 3.8) is 0 Å². The molecule has 152 valence electrons. The molecule has 4 nitrogen and oxygen atoms in total. The molecule has 0 aliphatic heterocycles. The summed E-state index contributed by atoms with van der Waals surface area (Å²) in [5.74, 6) is -11.5. The van der Waals surface area contributed by atoms with Crippen LogP contribution in [0.15, 0.2) is 46.9 Å². The van der Waals surface area contributed by atoms with Crippen LogP contribution in [-0.2, 0) is 0 Å². The van der Waals surface area contributed by atoms with Crippen molar-refractivity contribution < 1.29 is 26.4 Å². The van der Waals surface area contributed by atoms with E-state index >= 15 is 0 Å². The Kier molecular flexibility index (Phi) is 4.73. The molecule has 0 radical (unpaired) electrons. The third-order valence-corrected chi connectivity index (χ3v) is 4.50. The van der Waals surface area contributed by atoms with Crippen molar-refractivity contribution in [2.45, 2.75) is 6.92 Å². The van der Waals surface area contributed by atoms with E-state index in [9.17, 15) is 22.0 Å². The van der Waals surface area contributed by atoms with Crippen LogP contribution in [0.4, 0.5) is 27.6 Å². The summed E-state index contributed by atoms with van der Waals surface area (Å²) in [4.78, 5) is 0. The molecule has 9 heteroatoms. The molecular formula is C21H12F5N3O. The van der Waals surface area contributed by atoms with Gasteiger partial charge in [0, 0.05) is 16.8 Å². The van der Waals surface area contributed by atoms with Gasteiger partial charge in [0.1, 0.15) is 5.56 Å². The Labute approximate surface area is 166 Å². The summed E-state index contributed by atoms with van der Waals surface area (Å²) in [7, 11) is 0. The molecule has 1 aromatic heterocycles. The Balaban J connectivity index is 1.71. The number of nitrogens with zero attached hydrogens (tertiary/aromatic N) is 2. The van der Waals surface area contributed by atoms with Crippen molar-refractivity contribution in [1.82, 2.24) is 10.2 Å². The van der Waals surface area contributed by atoms with Crippen LogP contribution in [0.2, 0.25) is 0 Å². The second-order valence-corrected chi connectivity index (χ2v) is 6.53. The van der Waals surface area contributed by atoms with Crippen molar-refractivity contribution >= 4 is 5.69 Å². The summed E-state index contributed by atoms with van der Waals surface area (Å²) in [5.41, 5.74) is 8.32. The molecule has 1 heterocycles. The van der Waals surface area contributed by atoms with E-state index < -0.39 is 40.5 Å². The number of hydrogen-bond acceptors (Lipinski definition) is 4. The molecule has 0 saturated carbocycles. The number of aryl methyl sites for hydroxylation is 1. The maximum atomic E-state index is 14.0. The Morgan fingerprint density at radius 3 is 1.87 bits per heavy atom. The van der Waals surface area contributed by atoms with E-state index in [1.807, 2.05) is 19.1 Å². The van der Waals surface area contributed by atoms with Gasteiger partial charge in [0.05, 0.1) is 0 Å². The lowest BCUT2D eigenvalue weighted by Crippen LogP contribution is -2.04. The quantitative estimate of drug-likeness (QED) is 0.202. The molecule has 0 aliphatic rings. The Hall–Kier alpha value is -3.75.